The van der Waals surface area contributed by atoms with Gasteiger partial charge in [0.05, 0.1) is 6.67 Å². The van der Waals surface area contributed by atoms with Crippen molar-refractivity contribution in [2.24, 2.45) is 0 Å². The van der Waals surface area contributed by atoms with Gasteiger partial charge in [-0.15, -0.1) is 0 Å². The lowest BCUT2D eigenvalue weighted by Crippen LogP contribution is -2.23. The van der Waals surface area contributed by atoms with Crippen molar-refractivity contribution >= 4 is 11.3 Å². The van der Waals surface area contributed by atoms with Crippen LogP contribution >= 0.6 is 0 Å². The number of hydrogen-bond donors (Lipinski definition) is 1. The van der Waals surface area contributed by atoms with Gasteiger partial charge in [-0.1, -0.05) is 0 Å². The summed E-state index contributed by atoms with van der Waals surface area (Å²) in [5, 5.41) is 2.89. The van der Waals surface area contributed by atoms with Crippen molar-refractivity contribution in [2.45, 2.75) is 0 Å². The zero-order valence-electron chi connectivity index (χ0n) is 4.29. The van der Waals surface area contributed by atoms with Crippen LogP contribution < -0.4 is 5.32 Å². The first kappa shape index (κ1) is 6.15. The van der Waals surface area contributed by atoms with Crippen LogP contribution in [0, 0.1) is 0 Å². The van der Waals surface area contributed by atoms with Crippen LogP contribution in [0.3, 0.4) is 0 Å². The van der Waals surface area contributed by atoms with Crippen LogP contribution in [0.1, 0.15) is 0 Å². The Hall–Kier alpha value is 0.0300. The van der Waals surface area contributed by atoms with Crippen molar-refractivity contribution < 1.29 is 8.76 Å². The molecule has 1 heterocycles. The fourth-order valence-corrected chi connectivity index (χ4v) is 1.05. The summed E-state index contributed by atoms with van der Waals surface area (Å²) in [6, 6.07) is 0. The summed E-state index contributed by atoms with van der Waals surface area (Å²) in [7, 11) is 0. The molecule has 0 radical (unpaired) electrons. The second-order valence-corrected chi connectivity index (χ2v) is 2.53. The monoisotopic (exact) mass is 135 g/mol. The quantitative estimate of drug-likeness (QED) is 0.452. The minimum Gasteiger partial charge on any atom is -0.760 e. The smallest absolute Gasteiger partial charge is 0.0594 e. The van der Waals surface area contributed by atoms with E-state index >= 15 is 0 Å². The summed E-state index contributed by atoms with van der Waals surface area (Å²) < 4.78 is 21.5. The van der Waals surface area contributed by atoms with Crippen molar-refractivity contribution in [2.75, 3.05) is 19.8 Å². The van der Waals surface area contributed by atoms with Gasteiger partial charge in [0.2, 0.25) is 0 Å². The van der Waals surface area contributed by atoms with Crippen molar-refractivity contribution in [1.82, 2.24) is 9.62 Å². The molecule has 8 heavy (non-hydrogen) atoms. The molecule has 1 atom stereocenters. The number of nitrogens with zero attached hydrogens (tertiary/aromatic N) is 1. The predicted molar refractivity (Wildman–Crippen MR) is 28.5 cm³/mol. The molecule has 0 amide bonds. The first-order valence-electron chi connectivity index (χ1n) is 2.36. The SMILES string of the molecule is O=S([O-])N1CCNC1. The van der Waals surface area contributed by atoms with Gasteiger partial charge in [0.1, 0.15) is 0 Å². The number of hydrogen-bond acceptors (Lipinski definition) is 3. The molecule has 0 aliphatic carbocycles. The first-order valence-corrected chi connectivity index (χ1v) is 3.39. The molecule has 1 aliphatic heterocycles. The lowest BCUT2D eigenvalue weighted by Gasteiger charge is -2.15. The van der Waals surface area contributed by atoms with Crippen LogP contribution in [-0.4, -0.2) is 32.8 Å². The lowest BCUT2D eigenvalue weighted by molar-refractivity contribution is 0.436. The Morgan fingerprint density at radius 1 is 1.75 bits per heavy atom. The maximum absolute atomic E-state index is 10.1. The third-order valence-electron chi connectivity index (χ3n) is 1.04. The summed E-state index contributed by atoms with van der Waals surface area (Å²) in [6.45, 7) is 1.85. The van der Waals surface area contributed by atoms with Crippen LogP contribution in [0.25, 0.3) is 0 Å². The summed E-state index contributed by atoms with van der Waals surface area (Å²) in [5.74, 6) is 0. The molecule has 0 aromatic heterocycles. The molecule has 0 spiro atoms. The maximum Gasteiger partial charge on any atom is 0.0594 e. The highest BCUT2D eigenvalue weighted by molar-refractivity contribution is 7.76. The first-order chi connectivity index (χ1) is 3.80. The molecule has 0 aromatic rings. The van der Waals surface area contributed by atoms with E-state index in [2.05, 4.69) is 5.32 Å². The van der Waals surface area contributed by atoms with E-state index in [0.29, 0.717) is 13.2 Å². The van der Waals surface area contributed by atoms with Gasteiger partial charge in [-0.3, -0.25) is 4.21 Å². The van der Waals surface area contributed by atoms with E-state index in [4.69, 9.17) is 0 Å². The Kier molecular flexibility index (Phi) is 1.95. The van der Waals surface area contributed by atoms with E-state index in [0.717, 1.165) is 6.54 Å². The second-order valence-electron chi connectivity index (χ2n) is 1.58. The van der Waals surface area contributed by atoms with E-state index in [1.54, 1.807) is 0 Å². The average Bonchev–Trinajstić information content (AvgIpc) is 2.12. The molecule has 0 saturated carbocycles. The van der Waals surface area contributed by atoms with Gasteiger partial charge in [0.15, 0.2) is 0 Å². The molecule has 4 nitrogen and oxygen atoms in total. The van der Waals surface area contributed by atoms with E-state index in [9.17, 15) is 8.76 Å². The molecule has 0 aromatic carbocycles. The maximum atomic E-state index is 10.1. The van der Waals surface area contributed by atoms with Gasteiger partial charge in [-0.2, -0.15) is 0 Å². The summed E-state index contributed by atoms with van der Waals surface area (Å²) in [4.78, 5) is 0. The third-order valence-corrected chi connectivity index (χ3v) is 1.77. The predicted octanol–water partition coefficient (Wildman–Crippen LogP) is -1.36. The topological polar surface area (TPSA) is 55.4 Å². The van der Waals surface area contributed by atoms with Crippen LogP contribution in [0.15, 0.2) is 0 Å². The molecule has 1 N–H and O–H groups in total. The molecule has 48 valence electrons. The van der Waals surface area contributed by atoms with E-state index in [1.165, 1.54) is 4.31 Å². The molecule has 1 fully saturated rings. The van der Waals surface area contributed by atoms with Crippen molar-refractivity contribution in [1.29, 1.82) is 0 Å². The minimum absolute atomic E-state index is 0.468. The summed E-state index contributed by atoms with van der Waals surface area (Å²) in [6.07, 6.45) is 0. The van der Waals surface area contributed by atoms with Gasteiger partial charge in [0, 0.05) is 24.4 Å². The molecule has 1 rings (SSSR count). The number of nitrogens with one attached hydrogen (secondary N) is 1. The van der Waals surface area contributed by atoms with Gasteiger partial charge in [0.25, 0.3) is 0 Å². The molecule has 1 aliphatic rings. The van der Waals surface area contributed by atoms with Crippen LogP contribution in [0.4, 0.5) is 0 Å². The zero-order chi connectivity index (χ0) is 5.98. The van der Waals surface area contributed by atoms with Crippen molar-refractivity contribution in [3.63, 3.8) is 0 Å². The molecule has 1 unspecified atom stereocenters. The van der Waals surface area contributed by atoms with Crippen LogP contribution in [0.2, 0.25) is 0 Å². The van der Waals surface area contributed by atoms with Crippen LogP contribution in [0.5, 0.6) is 0 Å². The highest BCUT2D eigenvalue weighted by Gasteiger charge is 2.09. The van der Waals surface area contributed by atoms with E-state index in [-0.39, 0.29) is 0 Å². The van der Waals surface area contributed by atoms with E-state index in [1.807, 2.05) is 0 Å². The Morgan fingerprint density at radius 2 is 2.50 bits per heavy atom. The lowest BCUT2D eigenvalue weighted by atomic mass is 10.7. The van der Waals surface area contributed by atoms with Crippen molar-refractivity contribution in [3.05, 3.63) is 0 Å². The van der Waals surface area contributed by atoms with Crippen LogP contribution in [-0.2, 0) is 11.3 Å². The fourth-order valence-electron chi connectivity index (χ4n) is 0.614. The van der Waals surface area contributed by atoms with Gasteiger partial charge in [-0.25, -0.2) is 4.31 Å². The van der Waals surface area contributed by atoms with Gasteiger partial charge < -0.3 is 9.87 Å². The molecule has 0 bridgehead atoms. The largest absolute Gasteiger partial charge is 0.760 e. The van der Waals surface area contributed by atoms with Crippen molar-refractivity contribution in [3.8, 4) is 0 Å². The standard InChI is InChI=1S/C3H8N2O2S/c6-8(7)5-2-1-4-3-5/h4H,1-3H2,(H,6,7)/p-1. The van der Waals surface area contributed by atoms with Gasteiger partial charge in [-0.05, 0) is 0 Å². The Labute approximate surface area is 50.3 Å². The average molecular weight is 135 g/mol. The second kappa shape index (κ2) is 2.54. The van der Waals surface area contributed by atoms with Gasteiger partial charge >= 0.3 is 0 Å². The summed E-state index contributed by atoms with van der Waals surface area (Å²) >= 11 is -2.02. The summed E-state index contributed by atoms with van der Waals surface area (Å²) in [5.41, 5.74) is 0. The Balaban J connectivity index is 2.35. The minimum atomic E-state index is -2.02. The fraction of sp³-hybridized carbons (Fsp3) is 1.00. The molecule has 1 saturated heterocycles. The highest BCUT2D eigenvalue weighted by atomic mass is 32.2. The molecule has 5 heteroatoms. The highest BCUT2D eigenvalue weighted by Crippen LogP contribution is 1.92. The Bertz CT molecular complexity index is 101. The Morgan fingerprint density at radius 3 is 2.75 bits per heavy atom. The molecular formula is C3H7N2O2S-. The normalized spacial score (nSPS) is 26.1. The zero-order valence-corrected chi connectivity index (χ0v) is 5.11. The number of rotatable bonds is 1. The third kappa shape index (κ3) is 1.25. The molecular weight excluding hydrogens is 128 g/mol. The van der Waals surface area contributed by atoms with E-state index < -0.39 is 11.3 Å².